The Hall–Kier alpha value is -3.23. The summed E-state index contributed by atoms with van der Waals surface area (Å²) in [5, 5.41) is 19.8. The number of nitrogens with two attached hydrogens (primary N) is 1. The second-order valence-corrected chi connectivity index (χ2v) is 8.67. The van der Waals surface area contributed by atoms with Gasteiger partial charge in [0.25, 0.3) is 0 Å². The molecule has 1 saturated carbocycles. The van der Waals surface area contributed by atoms with Crippen molar-refractivity contribution >= 4 is 5.78 Å². The Morgan fingerprint density at radius 2 is 1.91 bits per heavy atom. The lowest BCUT2D eigenvalue weighted by Crippen LogP contribution is -2.44. The number of carbonyl (C=O) groups is 1. The monoisotopic (exact) mass is 453 g/mol. The quantitative estimate of drug-likeness (QED) is 0.508. The van der Waals surface area contributed by atoms with Gasteiger partial charge in [0.1, 0.15) is 28.8 Å². The third-order valence-corrected chi connectivity index (χ3v) is 6.30. The predicted octanol–water partition coefficient (Wildman–Crippen LogP) is 3.75. The molecular formula is C25H25F2N3O3. The van der Waals surface area contributed by atoms with Crippen LogP contribution in [0, 0.1) is 17.6 Å². The molecule has 1 aromatic carbocycles. The number of aliphatic hydroxyl groups excluding tert-OH is 1. The number of ketones is 1. The summed E-state index contributed by atoms with van der Waals surface area (Å²) in [5.74, 6) is -2.09. The second kappa shape index (κ2) is 9.33. The zero-order valence-corrected chi connectivity index (χ0v) is 18.1. The van der Waals surface area contributed by atoms with Crippen LogP contribution < -0.4 is 5.73 Å². The van der Waals surface area contributed by atoms with Gasteiger partial charge in [0.05, 0.1) is 6.10 Å². The fourth-order valence-electron chi connectivity index (χ4n) is 4.56. The molecule has 1 aliphatic carbocycles. The lowest BCUT2D eigenvalue weighted by Gasteiger charge is -2.36. The van der Waals surface area contributed by atoms with Gasteiger partial charge in [-0.1, -0.05) is 6.92 Å². The maximum Gasteiger partial charge on any atom is 0.185 e. The van der Waals surface area contributed by atoms with Crippen molar-refractivity contribution < 1.29 is 23.8 Å². The highest BCUT2D eigenvalue weighted by molar-refractivity contribution is 5.96. The van der Waals surface area contributed by atoms with Gasteiger partial charge in [-0.05, 0) is 72.2 Å². The van der Waals surface area contributed by atoms with Gasteiger partial charge in [0.2, 0.25) is 0 Å². The number of hydrogen-bond acceptors (Lipinski definition) is 6. The number of nitrogens with zero attached hydrogens (tertiary/aromatic N) is 2. The average Bonchev–Trinajstić information content (AvgIpc) is 2.79. The Bertz CT molecular complexity index is 1180. The van der Waals surface area contributed by atoms with Gasteiger partial charge in [-0.15, -0.1) is 0 Å². The molecule has 0 spiro atoms. The Balaban J connectivity index is 1.62. The summed E-state index contributed by atoms with van der Waals surface area (Å²) in [4.78, 5) is 21.3. The first kappa shape index (κ1) is 22.9. The van der Waals surface area contributed by atoms with E-state index in [-0.39, 0.29) is 52.8 Å². The number of aromatic hydroxyl groups is 1. The number of phenolic OH excluding ortho intramolecular Hbond substituents is 1. The topological polar surface area (TPSA) is 109 Å². The molecule has 0 unspecified atom stereocenters. The summed E-state index contributed by atoms with van der Waals surface area (Å²) in [6.45, 7) is 1.95. The Morgan fingerprint density at radius 3 is 2.67 bits per heavy atom. The molecule has 2 aromatic heterocycles. The molecule has 0 amide bonds. The number of aliphatic hydroxyl groups is 1. The van der Waals surface area contributed by atoms with E-state index in [0.717, 1.165) is 36.2 Å². The van der Waals surface area contributed by atoms with Crippen LogP contribution in [0.4, 0.5) is 8.78 Å². The van der Waals surface area contributed by atoms with Crippen molar-refractivity contribution in [1.82, 2.24) is 9.97 Å². The van der Waals surface area contributed by atoms with Gasteiger partial charge in [-0.25, -0.2) is 13.8 Å². The molecule has 6 nitrogen and oxygen atoms in total. The number of hydrogen-bond donors (Lipinski definition) is 3. The molecule has 4 rings (SSSR count). The lowest BCUT2D eigenvalue weighted by molar-refractivity contribution is 0.0519. The first-order valence-electron chi connectivity index (χ1n) is 10.8. The van der Waals surface area contributed by atoms with Gasteiger partial charge in [-0.2, -0.15) is 0 Å². The normalized spacial score (nSPS) is 22.8. The molecule has 0 radical (unpaired) electrons. The summed E-state index contributed by atoms with van der Waals surface area (Å²) >= 11 is 0. The number of carbonyl (C=O) groups excluding carboxylic acids is 1. The molecule has 1 fully saturated rings. The fourth-order valence-corrected chi connectivity index (χ4v) is 4.56. The maximum atomic E-state index is 14.4. The highest BCUT2D eigenvalue weighted by atomic mass is 19.1. The molecule has 0 bridgehead atoms. The van der Waals surface area contributed by atoms with E-state index in [2.05, 4.69) is 9.97 Å². The zero-order valence-electron chi connectivity index (χ0n) is 18.1. The van der Waals surface area contributed by atoms with E-state index in [4.69, 9.17) is 5.73 Å². The Kier molecular flexibility index (Phi) is 6.49. The number of phenols is 1. The van der Waals surface area contributed by atoms with Crippen LogP contribution in [0.2, 0.25) is 0 Å². The van der Waals surface area contributed by atoms with Crippen molar-refractivity contribution in [2.75, 3.05) is 0 Å². The first-order valence-corrected chi connectivity index (χ1v) is 10.8. The van der Waals surface area contributed by atoms with Gasteiger partial charge in [0, 0.05) is 30.4 Å². The number of Topliss-reactive ketones (excluding diaryl/α,β-unsaturated/α-hetero) is 1. The van der Waals surface area contributed by atoms with E-state index in [1.807, 2.05) is 13.0 Å². The smallest absolute Gasteiger partial charge is 0.185 e. The Morgan fingerprint density at radius 1 is 1.15 bits per heavy atom. The van der Waals surface area contributed by atoms with Crippen LogP contribution in [-0.2, 0) is 6.42 Å². The molecule has 4 N–H and O–H groups in total. The van der Waals surface area contributed by atoms with Crippen LogP contribution in [0.5, 0.6) is 5.75 Å². The third-order valence-electron chi connectivity index (χ3n) is 6.30. The summed E-state index contributed by atoms with van der Waals surface area (Å²) in [6.07, 6.45) is 4.01. The van der Waals surface area contributed by atoms with Crippen molar-refractivity contribution in [3.8, 4) is 17.0 Å². The van der Waals surface area contributed by atoms with E-state index < -0.39 is 17.7 Å². The van der Waals surface area contributed by atoms with E-state index in [9.17, 15) is 23.8 Å². The molecule has 3 aromatic rings. The number of halogens is 2. The molecule has 172 valence electrons. The molecule has 0 saturated heterocycles. The Labute approximate surface area is 190 Å². The fraction of sp³-hybridized carbons (Fsp3) is 0.320. The van der Waals surface area contributed by atoms with Crippen LogP contribution in [0.15, 0.2) is 48.8 Å². The summed E-state index contributed by atoms with van der Waals surface area (Å²) < 4.78 is 28.6. The van der Waals surface area contributed by atoms with Crippen molar-refractivity contribution in [2.24, 2.45) is 11.7 Å². The van der Waals surface area contributed by atoms with Crippen molar-refractivity contribution in [3.63, 3.8) is 0 Å². The molecule has 2 heterocycles. The van der Waals surface area contributed by atoms with Crippen molar-refractivity contribution in [3.05, 3.63) is 77.2 Å². The number of rotatable bonds is 5. The van der Waals surface area contributed by atoms with Crippen molar-refractivity contribution in [1.29, 1.82) is 0 Å². The van der Waals surface area contributed by atoms with Gasteiger partial charge < -0.3 is 15.9 Å². The van der Waals surface area contributed by atoms with E-state index >= 15 is 0 Å². The molecule has 8 heteroatoms. The molecular weight excluding hydrogens is 428 g/mol. The van der Waals surface area contributed by atoms with Gasteiger partial charge in [0.15, 0.2) is 5.78 Å². The summed E-state index contributed by atoms with van der Waals surface area (Å²) in [6, 6.07) is 7.04. The highest BCUT2D eigenvalue weighted by Crippen LogP contribution is 2.37. The molecule has 33 heavy (non-hydrogen) atoms. The number of benzene rings is 1. The minimum absolute atomic E-state index is 0.0203. The van der Waals surface area contributed by atoms with Crippen LogP contribution in [0.25, 0.3) is 11.3 Å². The standard InChI is InChI=1S/C25H25F2N3O3/c1-13-8-14(9-21(28)25(13)33)17-6-7-29-12-15(17)10-23(32)22-5-4-20(27)24(30-22)18-11-16(31)2-3-19(18)26/h2-7,11-14,21,25,31,33H,8-10,28H2,1H3/t13-,14+,21+,25+/m0/s1. The predicted molar refractivity (Wildman–Crippen MR) is 119 cm³/mol. The summed E-state index contributed by atoms with van der Waals surface area (Å²) in [5.41, 5.74) is 7.17. The number of aromatic nitrogens is 2. The van der Waals surface area contributed by atoms with Crippen LogP contribution in [-0.4, -0.2) is 38.1 Å². The van der Waals surface area contributed by atoms with Crippen molar-refractivity contribution in [2.45, 2.75) is 44.2 Å². The van der Waals surface area contributed by atoms with Crippen LogP contribution >= 0.6 is 0 Å². The minimum Gasteiger partial charge on any atom is -0.508 e. The lowest BCUT2D eigenvalue weighted by atomic mass is 9.74. The van der Waals surface area contributed by atoms with Crippen LogP contribution in [0.3, 0.4) is 0 Å². The van der Waals surface area contributed by atoms with Crippen LogP contribution in [0.1, 0.15) is 47.3 Å². The maximum absolute atomic E-state index is 14.4. The number of pyridine rings is 2. The largest absolute Gasteiger partial charge is 0.508 e. The van der Waals surface area contributed by atoms with E-state index in [0.29, 0.717) is 12.0 Å². The van der Waals surface area contributed by atoms with Gasteiger partial charge >= 0.3 is 0 Å². The minimum atomic E-state index is -0.804. The zero-order chi connectivity index (χ0) is 23.7. The average molecular weight is 453 g/mol. The van der Waals surface area contributed by atoms with Gasteiger partial charge in [-0.3, -0.25) is 9.78 Å². The molecule has 0 aliphatic heterocycles. The molecule has 4 atom stereocenters. The SMILES string of the molecule is C[C@H]1C[C@@H](c2ccncc2CC(=O)c2ccc(F)c(-c3cc(O)ccc3F)n2)C[C@@H](N)[C@@H]1O. The second-order valence-electron chi connectivity index (χ2n) is 8.67. The third kappa shape index (κ3) is 4.77. The molecule has 1 aliphatic rings. The van der Waals surface area contributed by atoms with E-state index in [1.54, 1.807) is 12.4 Å². The van der Waals surface area contributed by atoms with E-state index in [1.165, 1.54) is 6.07 Å². The summed E-state index contributed by atoms with van der Waals surface area (Å²) in [7, 11) is 0. The highest BCUT2D eigenvalue weighted by Gasteiger charge is 2.34. The first-order chi connectivity index (χ1) is 15.7.